The van der Waals surface area contributed by atoms with E-state index in [-0.39, 0.29) is 0 Å². The highest BCUT2D eigenvalue weighted by molar-refractivity contribution is 9.10. The van der Waals surface area contributed by atoms with Gasteiger partial charge in [-0.2, -0.15) is 0 Å². The van der Waals surface area contributed by atoms with Crippen LogP contribution in [0.1, 0.15) is 33.1 Å². The number of hydrogen-bond donors (Lipinski definition) is 1. The Morgan fingerprint density at radius 1 is 1.43 bits per heavy atom. The Hall–Kier alpha value is -0.450. The zero-order chi connectivity index (χ0) is 15.0. The molecule has 1 aliphatic heterocycles. The summed E-state index contributed by atoms with van der Waals surface area (Å²) in [7, 11) is 0. The van der Waals surface area contributed by atoms with Crippen LogP contribution in [0.25, 0.3) is 0 Å². The molecule has 21 heavy (non-hydrogen) atoms. The lowest BCUT2D eigenvalue weighted by molar-refractivity contribution is 0.257. The van der Waals surface area contributed by atoms with Gasteiger partial charge >= 0.3 is 0 Å². The third kappa shape index (κ3) is 3.49. The Balaban J connectivity index is 1.75. The molecule has 2 unspecified atom stereocenters. The average Bonchev–Trinajstić information content (AvgIpc) is 3.18. The van der Waals surface area contributed by atoms with Gasteiger partial charge in [0.05, 0.1) is 16.8 Å². The van der Waals surface area contributed by atoms with E-state index in [1.165, 1.54) is 19.3 Å². The highest BCUT2D eigenvalue weighted by Gasteiger charge is 2.38. The van der Waals surface area contributed by atoms with Crippen molar-refractivity contribution in [1.82, 2.24) is 4.90 Å². The standard InChI is InChI=1S/C16H22BrClN2O/c1-3-21-16-14(17)7-11(18)8-15(16)19-12-6-10(2)20(9-12)13-4-5-13/h7-8,10,12-13,19H,3-6,9H2,1-2H3. The van der Waals surface area contributed by atoms with Gasteiger partial charge in [0.2, 0.25) is 0 Å². The van der Waals surface area contributed by atoms with Crippen LogP contribution in [0.15, 0.2) is 16.6 Å². The van der Waals surface area contributed by atoms with E-state index in [9.17, 15) is 0 Å². The molecule has 0 spiro atoms. The van der Waals surface area contributed by atoms with E-state index in [0.29, 0.717) is 18.7 Å². The lowest BCUT2D eigenvalue weighted by Gasteiger charge is -2.20. The molecule has 2 atom stereocenters. The van der Waals surface area contributed by atoms with Crippen LogP contribution in [-0.2, 0) is 0 Å². The molecule has 1 aromatic rings. The van der Waals surface area contributed by atoms with E-state index in [1.54, 1.807) is 0 Å². The van der Waals surface area contributed by atoms with Gasteiger partial charge in [-0.1, -0.05) is 11.6 Å². The van der Waals surface area contributed by atoms with Gasteiger partial charge in [0.15, 0.2) is 5.75 Å². The first-order valence-electron chi connectivity index (χ1n) is 7.72. The molecule has 1 aromatic carbocycles. The summed E-state index contributed by atoms with van der Waals surface area (Å²) < 4.78 is 6.67. The molecule has 3 nitrogen and oxygen atoms in total. The number of likely N-dealkylation sites (tertiary alicyclic amines) is 1. The summed E-state index contributed by atoms with van der Waals surface area (Å²) in [6, 6.07) is 5.79. The molecule has 0 bridgehead atoms. The summed E-state index contributed by atoms with van der Waals surface area (Å²) >= 11 is 9.73. The highest BCUT2D eigenvalue weighted by Crippen LogP contribution is 2.39. The number of benzene rings is 1. The van der Waals surface area contributed by atoms with Crippen LogP contribution in [-0.4, -0.2) is 36.2 Å². The maximum absolute atomic E-state index is 6.19. The number of nitrogens with one attached hydrogen (secondary N) is 1. The SMILES string of the molecule is CCOc1c(Br)cc(Cl)cc1NC1CC(C)N(C2CC2)C1. The van der Waals surface area contributed by atoms with E-state index in [4.69, 9.17) is 16.3 Å². The monoisotopic (exact) mass is 372 g/mol. The van der Waals surface area contributed by atoms with Crippen molar-refractivity contribution in [1.29, 1.82) is 0 Å². The quantitative estimate of drug-likeness (QED) is 0.820. The van der Waals surface area contributed by atoms with Crippen LogP contribution in [0.2, 0.25) is 5.02 Å². The van der Waals surface area contributed by atoms with E-state index >= 15 is 0 Å². The summed E-state index contributed by atoms with van der Waals surface area (Å²) in [5.41, 5.74) is 0.992. The number of rotatable bonds is 5. The normalized spacial score (nSPS) is 26.1. The zero-order valence-electron chi connectivity index (χ0n) is 12.5. The van der Waals surface area contributed by atoms with Gasteiger partial charge in [0, 0.05) is 29.7 Å². The van der Waals surface area contributed by atoms with Crippen LogP contribution in [0, 0.1) is 0 Å². The molecule has 1 N–H and O–H groups in total. The second-order valence-electron chi connectivity index (χ2n) is 6.05. The molecular weight excluding hydrogens is 352 g/mol. The Kier molecular flexibility index (Phi) is 4.67. The fourth-order valence-corrected chi connectivity index (χ4v) is 4.18. The van der Waals surface area contributed by atoms with Crippen LogP contribution in [0.3, 0.4) is 0 Å². The summed E-state index contributed by atoms with van der Waals surface area (Å²) in [5.74, 6) is 0.861. The Morgan fingerprint density at radius 3 is 2.86 bits per heavy atom. The second kappa shape index (κ2) is 6.35. The Labute approximate surface area is 140 Å². The molecule has 0 amide bonds. The molecule has 1 saturated heterocycles. The van der Waals surface area contributed by atoms with Crippen molar-refractivity contribution in [2.45, 2.75) is 51.2 Å². The van der Waals surface area contributed by atoms with Crippen LogP contribution in [0.5, 0.6) is 5.75 Å². The zero-order valence-corrected chi connectivity index (χ0v) is 14.9. The molecule has 116 valence electrons. The number of anilines is 1. The first kappa shape index (κ1) is 15.4. The third-order valence-electron chi connectivity index (χ3n) is 4.30. The fourth-order valence-electron chi connectivity index (χ4n) is 3.25. The van der Waals surface area contributed by atoms with Crippen molar-refractivity contribution >= 4 is 33.2 Å². The number of hydrogen-bond acceptors (Lipinski definition) is 3. The minimum absolute atomic E-state index is 0.463. The first-order chi connectivity index (χ1) is 10.1. The summed E-state index contributed by atoms with van der Waals surface area (Å²) in [6.07, 6.45) is 3.90. The first-order valence-corrected chi connectivity index (χ1v) is 8.89. The largest absolute Gasteiger partial charge is 0.491 e. The van der Waals surface area contributed by atoms with Gasteiger partial charge in [0.1, 0.15) is 0 Å². The van der Waals surface area contributed by atoms with E-state index in [2.05, 4.69) is 33.1 Å². The minimum Gasteiger partial charge on any atom is -0.491 e. The molecule has 1 heterocycles. The summed E-state index contributed by atoms with van der Waals surface area (Å²) in [6.45, 7) is 6.08. The Bertz CT molecular complexity index is 521. The molecule has 1 aliphatic carbocycles. The van der Waals surface area contributed by atoms with E-state index in [0.717, 1.165) is 33.5 Å². The van der Waals surface area contributed by atoms with Crippen molar-refractivity contribution in [2.75, 3.05) is 18.5 Å². The van der Waals surface area contributed by atoms with Crippen molar-refractivity contribution in [3.63, 3.8) is 0 Å². The van der Waals surface area contributed by atoms with Gasteiger partial charge in [-0.05, 0) is 61.2 Å². The molecule has 2 aliphatic rings. The molecule has 2 fully saturated rings. The number of ether oxygens (including phenoxy) is 1. The van der Waals surface area contributed by atoms with Crippen LogP contribution in [0.4, 0.5) is 5.69 Å². The van der Waals surface area contributed by atoms with Gasteiger partial charge in [-0.3, -0.25) is 4.90 Å². The third-order valence-corrected chi connectivity index (χ3v) is 5.10. The molecule has 3 rings (SSSR count). The number of nitrogens with zero attached hydrogens (tertiary/aromatic N) is 1. The van der Waals surface area contributed by atoms with Crippen LogP contribution < -0.4 is 10.1 Å². The maximum atomic E-state index is 6.19. The predicted octanol–water partition coefficient (Wildman–Crippen LogP) is 4.54. The van der Waals surface area contributed by atoms with Gasteiger partial charge in [-0.15, -0.1) is 0 Å². The van der Waals surface area contributed by atoms with Crippen molar-refractivity contribution in [3.8, 4) is 5.75 Å². The maximum Gasteiger partial charge on any atom is 0.156 e. The number of halogens is 2. The molecular formula is C16H22BrClN2O. The molecule has 0 aromatic heterocycles. The van der Waals surface area contributed by atoms with E-state index in [1.807, 2.05) is 19.1 Å². The molecule has 1 saturated carbocycles. The van der Waals surface area contributed by atoms with Crippen LogP contribution >= 0.6 is 27.5 Å². The van der Waals surface area contributed by atoms with Crippen molar-refractivity contribution in [2.24, 2.45) is 0 Å². The van der Waals surface area contributed by atoms with Gasteiger partial charge < -0.3 is 10.1 Å². The Morgan fingerprint density at radius 2 is 2.19 bits per heavy atom. The summed E-state index contributed by atoms with van der Waals surface area (Å²) in [5, 5.41) is 4.36. The average molecular weight is 374 g/mol. The van der Waals surface area contributed by atoms with Gasteiger partial charge in [-0.25, -0.2) is 0 Å². The second-order valence-corrected chi connectivity index (χ2v) is 7.34. The van der Waals surface area contributed by atoms with E-state index < -0.39 is 0 Å². The fraction of sp³-hybridized carbons (Fsp3) is 0.625. The molecule has 0 radical (unpaired) electrons. The lowest BCUT2D eigenvalue weighted by atomic mass is 10.1. The highest BCUT2D eigenvalue weighted by atomic mass is 79.9. The lowest BCUT2D eigenvalue weighted by Crippen LogP contribution is -2.31. The minimum atomic E-state index is 0.463. The molecule has 5 heteroatoms. The smallest absolute Gasteiger partial charge is 0.156 e. The van der Waals surface area contributed by atoms with Crippen molar-refractivity contribution in [3.05, 3.63) is 21.6 Å². The van der Waals surface area contributed by atoms with Crippen molar-refractivity contribution < 1.29 is 4.74 Å². The summed E-state index contributed by atoms with van der Waals surface area (Å²) in [4.78, 5) is 2.64. The predicted molar refractivity (Wildman–Crippen MR) is 91.5 cm³/mol. The van der Waals surface area contributed by atoms with Gasteiger partial charge in [0.25, 0.3) is 0 Å². The topological polar surface area (TPSA) is 24.5 Å².